The van der Waals surface area contributed by atoms with Crippen LogP contribution in [0, 0.1) is 12.7 Å². The molecular formula is C14H15ClFN3. The minimum Gasteiger partial charge on any atom is -0.324 e. The first-order chi connectivity index (χ1) is 8.95. The van der Waals surface area contributed by atoms with Crippen LogP contribution in [0.1, 0.15) is 31.2 Å². The highest BCUT2D eigenvalue weighted by Gasteiger charge is 2.07. The molecule has 0 radical (unpaired) electrons. The maximum absolute atomic E-state index is 13.1. The Morgan fingerprint density at radius 3 is 2.58 bits per heavy atom. The fraction of sp³-hybridized carbons (Fsp3) is 0.286. The molecule has 0 aliphatic rings. The molecular weight excluding hydrogens is 265 g/mol. The van der Waals surface area contributed by atoms with Gasteiger partial charge >= 0.3 is 0 Å². The van der Waals surface area contributed by atoms with E-state index in [1.807, 2.05) is 13.0 Å². The third-order valence-corrected chi connectivity index (χ3v) is 2.93. The number of nitrogens with zero attached hydrogens (tertiary/aromatic N) is 2. The third kappa shape index (κ3) is 3.41. The van der Waals surface area contributed by atoms with Gasteiger partial charge in [0.05, 0.1) is 5.02 Å². The molecule has 0 spiro atoms. The lowest BCUT2D eigenvalue weighted by Crippen LogP contribution is -2.03. The first kappa shape index (κ1) is 13.7. The molecule has 0 atom stereocenters. The van der Waals surface area contributed by atoms with Crippen molar-refractivity contribution in [3.63, 3.8) is 0 Å². The van der Waals surface area contributed by atoms with Crippen molar-refractivity contribution in [3.8, 4) is 0 Å². The second-order valence-electron chi connectivity index (χ2n) is 4.67. The van der Waals surface area contributed by atoms with E-state index in [4.69, 9.17) is 11.6 Å². The van der Waals surface area contributed by atoms with E-state index < -0.39 is 5.82 Å². The van der Waals surface area contributed by atoms with Crippen LogP contribution in [0.25, 0.3) is 0 Å². The predicted octanol–water partition coefficient (Wildman–Crippen LogP) is 4.44. The summed E-state index contributed by atoms with van der Waals surface area (Å²) in [6.07, 6.45) is 0. The minimum atomic E-state index is -0.444. The molecule has 1 aromatic heterocycles. The Balaban J connectivity index is 2.29. The Hall–Kier alpha value is -1.68. The van der Waals surface area contributed by atoms with Crippen molar-refractivity contribution in [1.82, 2.24) is 9.97 Å². The van der Waals surface area contributed by atoms with Gasteiger partial charge in [-0.15, -0.1) is 0 Å². The van der Waals surface area contributed by atoms with Crippen molar-refractivity contribution in [1.29, 1.82) is 0 Å². The van der Waals surface area contributed by atoms with Crippen LogP contribution < -0.4 is 5.32 Å². The standard InChI is InChI=1S/C14H15ClFN3/c1-8(2)13-6-9(3)17-14(19-13)18-10-4-5-12(16)11(15)7-10/h4-8H,1-3H3,(H,17,18,19). The average molecular weight is 280 g/mol. The van der Waals surface area contributed by atoms with E-state index in [0.29, 0.717) is 17.6 Å². The fourth-order valence-corrected chi connectivity index (χ4v) is 1.83. The molecule has 5 heteroatoms. The van der Waals surface area contributed by atoms with Gasteiger partial charge in [-0.3, -0.25) is 0 Å². The Labute approximate surface area is 116 Å². The number of aromatic nitrogens is 2. The molecule has 0 saturated carbocycles. The van der Waals surface area contributed by atoms with Gasteiger partial charge in [-0.25, -0.2) is 14.4 Å². The maximum Gasteiger partial charge on any atom is 0.227 e. The van der Waals surface area contributed by atoms with Crippen LogP contribution in [0.3, 0.4) is 0 Å². The van der Waals surface area contributed by atoms with Crippen LogP contribution in [-0.2, 0) is 0 Å². The van der Waals surface area contributed by atoms with Gasteiger partial charge in [0.2, 0.25) is 5.95 Å². The van der Waals surface area contributed by atoms with Crippen LogP contribution in [0.2, 0.25) is 5.02 Å². The Bertz CT molecular complexity index is 599. The van der Waals surface area contributed by atoms with E-state index in [0.717, 1.165) is 11.4 Å². The summed E-state index contributed by atoms with van der Waals surface area (Å²) in [6, 6.07) is 6.37. The molecule has 0 unspecified atom stereocenters. The number of aryl methyl sites for hydroxylation is 1. The van der Waals surface area contributed by atoms with Crippen molar-refractivity contribution in [3.05, 3.63) is 46.5 Å². The number of rotatable bonds is 3. The van der Waals surface area contributed by atoms with E-state index in [1.165, 1.54) is 12.1 Å². The molecule has 1 heterocycles. The van der Waals surface area contributed by atoms with E-state index in [-0.39, 0.29) is 5.02 Å². The molecule has 1 N–H and O–H groups in total. The number of benzene rings is 1. The minimum absolute atomic E-state index is 0.0711. The van der Waals surface area contributed by atoms with Crippen molar-refractivity contribution in [2.24, 2.45) is 0 Å². The highest BCUT2D eigenvalue weighted by atomic mass is 35.5. The van der Waals surface area contributed by atoms with Crippen LogP contribution in [0.15, 0.2) is 24.3 Å². The molecule has 3 nitrogen and oxygen atoms in total. The van der Waals surface area contributed by atoms with Gasteiger partial charge in [0.1, 0.15) is 5.82 Å². The van der Waals surface area contributed by atoms with Crippen LogP contribution in [0.4, 0.5) is 16.0 Å². The highest BCUT2D eigenvalue weighted by Crippen LogP contribution is 2.22. The van der Waals surface area contributed by atoms with Gasteiger partial charge in [-0.1, -0.05) is 25.4 Å². The monoisotopic (exact) mass is 279 g/mol. The Kier molecular flexibility index (Phi) is 4.00. The van der Waals surface area contributed by atoms with Crippen LogP contribution in [0.5, 0.6) is 0 Å². The Morgan fingerprint density at radius 1 is 1.21 bits per heavy atom. The van der Waals surface area contributed by atoms with Crippen molar-refractivity contribution >= 4 is 23.2 Å². The molecule has 19 heavy (non-hydrogen) atoms. The van der Waals surface area contributed by atoms with E-state index in [2.05, 4.69) is 29.1 Å². The average Bonchev–Trinajstić information content (AvgIpc) is 2.33. The summed E-state index contributed by atoms with van der Waals surface area (Å²) < 4.78 is 13.1. The lowest BCUT2D eigenvalue weighted by Gasteiger charge is -2.10. The summed E-state index contributed by atoms with van der Waals surface area (Å²) in [6.45, 7) is 6.05. The van der Waals surface area contributed by atoms with Gasteiger partial charge in [0, 0.05) is 17.1 Å². The second-order valence-corrected chi connectivity index (χ2v) is 5.07. The Morgan fingerprint density at radius 2 is 1.95 bits per heavy atom. The van der Waals surface area contributed by atoms with E-state index in [9.17, 15) is 4.39 Å². The molecule has 100 valence electrons. The summed E-state index contributed by atoms with van der Waals surface area (Å²) in [4.78, 5) is 8.73. The number of hydrogen-bond donors (Lipinski definition) is 1. The maximum atomic E-state index is 13.1. The van der Waals surface area contributed by atoms with Crippen LogP contribution >= 0.6 is 11.6 Å². The molecule has 1 aromatic carbocycles. The largest absolute Gasteiger partial charge is 0.324 e. The van der Waals surface area contributed by atoms with Crippen LogP contribution in [-0.4, -0.2) is 9.97 Å². The molecule has 0 bridgehead atoms. The summed E-state index contributed by atoms with van der Waals surface area (Å²) in [5, 5.41) is 3.11. The van der Waals surface area contributed by atoms with Crippen molar-refractivity contribution in [2.45, 2.75) is 26.7 Å². The normalized spacial score (nSPS) is 10.8. The zero-order valence-corrected chi connectivity index (χ0v) is 11.8. The van der Waals surface area contributed by atoms with E-state index >= 15 is 0 Å². The van der Waals surface area contributed by atoms with Gasteiger partial charge in [0.25, 0.3) is 0 Å². The summed E-state index contributed by atoms with van der Waals surface area (Å²) in [5.41, 5.74) is 2.50. The second kappa shape index (κ2) is 5.53. The van der Waals surface area contributed by atoms with Gasteiger partial charge in [-0.05, 0) is 37.1 Å². The predicted molar refractivity (Wildman–Crippen MR) is 75.6 cm³/mol. The topological polar surface area (TPSA) is 37.8 Å². The lowest BCUT2D eigenvalue weighted by molar-refractivity contribution is 0.628. The molecule has 0 fully saturated rings. The van der Waals surface area contributed by atoms with Crippen molar-refractivity contribution < 1.29 is 4.39 Å². The van der Waals surface area contributed by atoms with Crippen molar-refractivity contribution in [2.75, 3.05) is 5.32 Å². The molecule has 0 amide bonds. The zero-order valence-electron chi connectivity index (χ0n) is 11.0. The molecule has 2 aromatic rings. The van der Waals surface area contributed by atoms with Gasteiger partial charge < -0.3 is 5.32 Å². The smallest absolute Gasteiger partial charge is 0.227 e. The van der Waals surface area contributed by atoms with Gasteiger partial charge in [0.15, 0.2) is 0 Å². The zero-order chi connectivity index (χ0) is 14.0. The molecule has 0 saturated heterocycles. The first-order valence-corrected chi connectivity index (χ1v) is 6.41. The lowest BCUT2D eigenvalue weighted by atomic mass is 10.1. The highest BCUT2D eigenvalue weighted by molar-refractivity contribution is 6.31. The fourth-order valence-electron chi connectivity index (χ4n) is 1.65. The molecule has 0 aliphatic carbocycles. The van der Waals surface area contributed by atoms with Gasteiger partial charge in [-0.2, -0.15) is 0 Å². The summed E-state index contributed by atoms with van der Waals surface area (Å²) >= 11 is 5.74. The third-order valence-electron chi connectivity index (χ3n) is 2.64. The van der Waals surface area contributed by atoms with E-state index in [1.54, 1.807) is 6.07 Å². The number of nitrogens with one attached hydrogen (secondary N) is 1. The number of anilines is 2. The first-order valence-electron chi connectivity index (χ1n) is 6.03. The SMILES string of the molecule is Cc1cc(C(C)C)nc(Nc2ccc(F)c(Cl)c2)n1. The molecule has 0 aliphatic heterocycles. The summed E-state index contributed by atoms with van der Waals surface area (Å²) in [5.74, 6) is 0.366. The number of hydrogen-bond acceptors (Lipinski definition) is 3. The quantitative estimate of drug-likeness (QED) is 0.902. The summed E-state index contributed by atoms with van der Waals surface area (Å²) in [7, 11) is 0. The molecule has 2 rings (SSSR count). The number of halogens is 2.